The molecule has 1 N–H and O–H groups in total. The number of nitrogens with one attached hydrogen (secondary N) is 1. The molecule has 0 bridgehead atoms. The first-order valence-electron chi connectivity index (χ1n) is 12.9. The molecular formula is C28H29N5O5. The van der Waals surface area contributed by atoms with Gasteiger partial charge in [0.2, 0.25) is 11.8 Å². The third-order valence-electron chi connectivity index (χ3n) is 8.05. The summed E-state index contributed by atoms with van der Waals surface area (Å²) in [6.07, 6.45) is 4.93. The molecule has 2 saturated heterocycles. The molecule has 2 aromatic heterocycles. The van der Waals surface area contributed by atoms with E-state index in [2.05, 4.69) is 20.2 Å². The lowest BCUT2D eigenvalue weighted by Gasteiger charge is -2.38. The number of methoxy groups -OCH3 is 1. The van der Waals surface area contributed by atoms with Crippen LogP contribution in [0, 0.1) is 5.41 Å². The van der Waals surface area contributed by atoms with Crippen molar-refractivity contribution < 1.29 is 23.9 Å². The number of ether oxygens (including phenoxy) is 2. The lowest BCUT2D eigenvalue weighted by molar-refractivity contribution is -0.128. The van der Waals surface area contributed by atoms with E-state index in [1.165, 1.54) is 0 Å². The Morgan fingerprint density at radius 3 is 2.74 bits per heavy atom. The number of anilines is 2. The molecular weight excluding hydrogens is 486 g/mol. The zero-order valence-electron chi connectivity index (χ0n) is 21.2. The topological polar surface area (TPSA) is 114 Å². The summed E-state index contributed by atoms with van der Waals surface area (Å²) in [5.74, 6) is 0.682. The number of likely N-dealkylation sites (tertiary alicyclic amines) is 1. The van der Waals surface area contributed by atoms with Gasteiger partial charge in [-0.05, 0) is 62.2 Å². The SMILES string of the molecule is COc1ccc2nccc(N3CCC4(CCN(CC(C=O)c5ccc6c(c5)NC(=O)CO6)CC4)C3=O)c2n1. The Hall–Kier alpha value is -4.05. The largest absolute Gasteiger partial charge is 0.482 e. The van der Waals surface area contributed by atoms with Crippen LogP contribution >= 0.6 is 0 Å². The van der Waals surface area contributed by atoms with E-state index in [-0.39, 0.29) is 24.3 Å². The zero-order chi connectivity index (χ0) is 26.3. The van der Waals surface area contributed by atoms with Crippen LogP contribution in [0.3, 0.4) is 0 Å². The number of rotatable bonds is 6. The predicted octanol–water partition coefficient (Wildman–Crippen LogP) is 2.77. The Morgan fingerprint density at radius 2 is 1.95 bits per heavy atom. The molecule has 1 unspecified atom stereocenters. The van der Waals surface area contributed by atoms with Crippen LogP contribution in [0.4, 0.5) is 11.4 Å². The first-order chi connectivity index (χ1) is 18.5. The van der Waals surface area contributed by atoms with Gasteiger partial charge < -0.3 is 29.4 Å². The van der Waals surface area contributed by atoms with E-state index in [4.69, 9.17) is 9.47 Å². The second-order valence-electron chi connectivity index (χ2n) is 10.2. The van der Waals surface area contributed by atoms with E-state index in [0.717, 1.165) is 55.4 Å². The molecule has 3 aromatic rings. The van der Waals surface area contributed by atoms with Crippen LogP contribution in [0.5, 0.6) is 11.6 Å². The first kappa shape index (κ1) is 24.3. The lowest BCUT2D eigenvalue weighted by Crippen LogP contribution is -2.45. The third kappa shape index (κ3) is 4.24. The van der Waals surface area contributed by atoms with Crippen LogP contribution in [0.15, 0.2) is 42.6 Å². The molecule has 10 heteroatoms. The summed E-state index contributed by atoms with van der Waals surface area (Å²) in [6.45, 7) is 2.66. The minimum absolute atomic E-state index is 0.00276. The highest BCUT2D eigenvalue weighted by molar-refractivity contribution is 6.05. The third-order valence-corrected chi connectivity index (χ3v) is 8.05. The number of benzene rings is 1. The molecule has 6 rings (SSSR count). The maximum absolute atomic E-state index is 13.8. The van der Waals surface area contributed by atoms with Crippen molar-refractivity contribution in [2.24, 2.45) is 5.41 Å². The van der Waals surface area contributed by atoms with Gasteiger partial charge in [0.15, 0.2) is 6.61 Å². The summed E-state index contributed by atoms with van der Waals surface area (Å²) in [7, 11) is 1.57. The number of hydrogen-bond acceptors (Lipinski definition) is 8. The molecule has 2 amide bonds. The number of carbonyl (C=O) groups excluding carboxylic acids is 3. The fourth-order valence-electron chi connectivity index (χ4n) is 5.84. The van der Waals surface area contributed by atoms with Crippen molar-refractivity contribution in [1.82, 2.24) is 14.9 Å². The van der Waals surface area contributed by atoms with Crippen LogP contribution < -0.4 is 19.7 Å². The number of aromatic nitrogens is 2. The second-order valence-corrected chi connectivity index (χ2v) is 10.2. The normalized spacial score (nSPS) is 19.7. The molecule has 10 nitrogen and oxygen atoms in total. The Balaban J connectivity index is 1.14. The van der Waals surface area contributed by atoms with Crippen molar-refractivity contribution in [1.29, 1.82) is 0 Å². The van der Waals surface area contributed by atoms with Crippen LogP contribution in [-0.4, -0.2) is 72.9 Å². The van der Waals surface area contributed by atoms with Gasteiger partial charge in [0.05, 0.1) is 35.3 Å². The van der Waals surface area contributed by atoms with Crippen molar-refractivity contribution >= 4 is 40.5 Å². The Bertz CT molecular complexity index is 1420. The number of nitrogens with zero attached hydrogens (tertiary/aromatic N) is 4. The average Bonchev–Trinajstić information content (AvgIpc) is 3.26. The molecule has 196 valence electrons. The summed E-state index contributed by atoms with van der Waals surface area (Å²) in [5, 5.41) is 2.80. The van der Waals surface area contributed by atoms with Gasteiger partial charge in [-0.2, -0.15) is 0 Å². The molecule has 1 aromatic carbocycles. The van der Waals surface area contributed by atoms with Gasteiger partial charge in [-0.25, -0.2) is 4.98 Å². The van der Waals surface area contributed by atoms with E-state index < -0.39 is 5.41 Å². The number of hydrogen-bond donors (Lipinski definition) is 1. The Kier molecular flexibility index (Phi) is 6.19. The highest BCUT2D eigenvalue weighted by atomic mass is 16.5. The molecule has 3 aliphatic rings. The zero-order valence-corrected chi connectivity index (χ0v) is 21.2. The quantitative estimate of drug-likeness (QED) is 0.499. The standard InChI is InChI=1S/C28H29N5O5/c1-37-25-5-3-20-26(31-25)22(6-10-29-20)33-13-9-28(27(33)36)7-11-32(12-8-28)15-19(16-34)18-2-4-23-21(14-18)30-24(35)17-38-23/h2-6,10,14,16,19H,7-9,11-13,15,17H2,1H3,(H,30,35). The summed E-state index contributed by atoms with van der Waals surface area (Å²) in [4.78, 5) is 50.6. The minimum atomic E-state index is -0.408. The maximum atomic E-state index is 13.8. The fourth-order valence-corrected chi connectivity index (χ4v) is 5.84. The van der Waals surface area contributed by atoms with Crippen molar-refractivity contribution in [3.05, 3.63) is 48.2 Å². The van der Waals surface area contributed by atoms with E-state index in [1.54, 1.807) is 25.4 Å². The highest BCUT2D eigenvalue weighted by Crippen LogP contribution is 2.44. The maximum Gasteiger partial charge on any atom is 0.262 e. The summed E-state index contributed by atoms with van der Waals surface area (Å²) >= 11 is 0. The van der Waals surface area contributed by atoms with Crippen LogP contribution in [0.25, 0.3) is 11.0 Å². The molecule has 2 fully saturated rings. The van der Waals surface area contributed by atoms with Crippen LogP contribution in [0.1, 0.15) is 30.7 Å². The number of fused-ring (bicyclic) bond motifs is 2. The van der Waals surface area contributed by atoms with Crippen molar-refractivity contribution in [3.8, 4) is 11.6 Å². The molecule has 38 heavy (non-hydrogen) atoms. The lowest BCUT2D eigenvalue weighted by atomic mass is 9.77. The number of pyridine rings is 2. The van der Waals surface area contributed by atoms with E-state index in [0.29, 0.717) is 35.9 Å². The molecule has 0 aliphatic carbocycles. The van der Waals surface area contributed by atoms with Gasteiger partial charge >= 0.3 is 0 Å². The molecule has 0 radical (unpaired) electrons. The van der Waals surface area contributed by atoms with Gasteiger partial charge in [0.1, 0.15) is 17.6 Å². The highest BCUT2D eigenvalue weighted by Gasteiger charge is 2.49. The molecule has 5 heterocycles. The number of piperidine rings is 1. The van der Waals surface area contributed by atoms with Gasteiger partial charge in [-0.1, -0.05) is 6.07 Å². The average molecular weight is 516 g/mol. The van der Waals surface area contributed by atoms with Gasteiger partial charge in [-0.15, -0.1) is 0 Å². The molecule has 1 atom stereocenters. The fraction of sp³-hybridized carbons (Fsp3) is 0.393. The van der Waals surface area contributed by atoms with E-state index >= 15 is 0 Å². The van der Waals surface area contributed by atoms with Gasteiger partial charge in [0, 0.05) is 25.4 Å². The molecule has 3 aliphatic heterocycles. The monoisotopic (exact) mass is 515 g/mol. The number of aldehydes is 1. The second kappa shape index (κ2) is 9.68. The van der Waals surface area contributed by atoms with Crippen molar-refractivity contribution in [3.63, 3.8) is 0 Å². The van der Waals surface area contributed by atoms with Gasteiger partial charge in [0.25, 0.3) is 5.91 Å². The number of amides is 2. The summed E-state index contributed by atoms with van der Waals surface area (Å²) < 4.78 is 10.7. The summed E-state index contributed by atoms with van der Waals surface area (Å²) in [6, 6.07) is 11.0. The Morgan fingerprint density at radius 1 is 1.13 bits per heavy atom. The number of carbonyl (C=O) groups is 3. The van der Waals surface area contributed by atoms with E-state index in [1.807, 2.05) is 29.2 Å². The van der Waals surface area contributed by atoms with Crippen LogP contribution in [0.2, 0.25) is 0 Å². The van der Waals surface area contributed by atoms with E-state index in [9.17, 15) is 14.4 Å². The predicted molar refractivity (Wildman–Crippen MR) is 141 cm³/mol. The summed E-state index contributed by atoms with van der Waals surface area (Å²) in [5.41, 5.74) is 3.17. The smallest absolute Gasteiger partial charge is 0.262 e. The molecule has 0 saturated carbocycles. The Labute approximate surface area is 219 Å². The minimum Gasteiger partial charge on any atom is -0.482 e. The van der Waals surface area contributed by atoms with Gasteiger partial charge in [-0.3, -0.25) is 14.6 Å². The molecule has 1 spiro atoms. The first-order valence-corrected chi connectivity index (χ1v) is 12.9. The van der Waals surface area contributed by atoms with Crippen molar-refractivity contribution in [2.45, 2.75) is 25.2 Å². The van der Waals surface area contributed by atoms with Crippen molar-refractivity contribution in [2.75, 3.05) is 50.1 Å². The van der Waals surface area contributed by atoms with Crippen LogP contribution in [-0.2, 0) is 14.4 Å².